The van der Waals surface area contributed by atoms with E-state index in [1.54, 1.807) is 6.07 Å². The molecule has 0 spiro atoms. The van der Waals surface area contributed by atoms with Crippen molar-refractivity contribution in [1.29, 1.82) is 5.26 Å². The number of nitriles is 1. The molecule has 2 N–H and O–H groups in total. The van der Waals surface area contributed by atoms with Gasteiger partial charge in [0.25, 0.3) is 0 Å². The van der Waals surface area contributed by atoms with Crippen LogP contribution in [-0.4, -0.2) is 0 Å². The van der Waals surface area contributed by atoms with Crippen molar-refractivity contribution in [3.63, 3.8) is 0 Å². The molecule has 0 aliphatic heterocycles. The molecule has 0 fully saturated rings. The number of ether oxygens (including phenoxy) is 1. The Morgan fingerprint density at radius 1 is 1.33 bits per heavy atom. The van der Waals surface area contributed by atoms with Crippen molar-refractivity contribution < 1.29 is 9.13 Å². The van der Waals surface area contributed by atoms with E-state index >= 15 is 0 Å². The van der Waals surface area contributed by atoms with E-state index in [1.807, 2.05) is 25.1 Å². The topological polar surface area (TPSA) is 59.0 Å². The third-order valence-corrected chi connectivity index (χ3v) is 3.52. The van der Waals surface area contributed by atoms with E-state index in [9.17, 15) is 4.39 Å². The molecule has 21 heavy (non-hydrogen) atoms. The second-order valence-electron chi connectivity index (χ2n) is 4.68. The molecule has 0 heterocycles. The summed E-state index contributed by atoms with van der Waals surface area (Å²) >= 11 is 3.37. The highest BCUT2D eigenvalue weighted by atomic mass is 79.9. The zero-order valence-electron chi connectivity index (χ0n) is 11.4. The van der Waals surface area contributed by atoms with Crippen LogP contribution in [0.4, 0.5) is 4.39 Å². The van der Waals surface area contributed by atoms with Crippen LogP contribution in [0.5, 0.6) is 5.75 Å². The van der Waals surface area contributed by atoms with Gasteiger partial charge in [-0.05, 0) is 37.3 Å². The minimum Gasteiger partial charge on any atom is -0.488 e. The Bertz CT molecular complexity index is 695. The van der Waals surface area contributed by atoms with Gasteiger partial charge in [0.1, 0.15) is 18.2 Å². The van der Waals surface area contributed by atoms with Gasteiger partial charge < -0.3 is 10.5 Å². The van der Waals surface area contributed by atoms with Gasteiger partial charge in [-0.25, -0.2) is 4.39 Å². The minimum absolute atomic E-state index is 0.0392. The molecule has 0 saturated heterocycles. The molecular formula is C16H14BrFN2O. The number of benzene rings is 2. The van der Waals surface area contributed by atoms with Gasteiger partial charge in [0, 0.05) is 21.6 Å². The van der Waals surface area contributed by atoms with Gasteiger partial charge in [-0.1, -0.05) is 22.0 Å². The molecule has 0 amide bonds. The Hall–Kier alpha value is -1.90. The number of nitrogens with zero attached hydrogens (tertiary/aromatic N) is 1. The summed E-state index contributed by atoms with van der Waals surface area (Å²) in [5.41, 5.74) is 7.48. The van der Waals surface area contributed by atoms with E-state index in [4.69, 9.17) is 15.7 Å². The number of hydrogen-bond donors (Lipinski definition) is 1. The van der Waals surface area contributed by atoms with E-state index in [0.717, 1.165) is 10.0 Å². The van der Waals surface area contributed by atoms with Crippen LogP contribution in [0.15, 0.2) is 40.9 Å². The molecule has 5 heteroatoms. The first kappa shape index (κ1) is 15.5. The molecule has 2 aromatic rings. The van der Waals surface area contributed by atoms with Crippen LogP contribution in [0.25, 0.3) is 0 Å². The van der Waals surface area contributed by atoms with Crippen LogP contribution in [0, 0.1) is 17.1 Å². The number of rotatable bonds is 4. The predicted octanol–water partition coefficient (Wildman–Crippen LogP) is 4.06. The van der Waals surface area contributed by atoms with Gasteiger partial charge in [0.05, 0.1) is 11.6 Å². The molecule has 0 aliphatic carbocycles. The van der Waals surface area contributed by atoms with Crippen LogP contribution in [0.1, 0.15) is 29.7 Å². The van der Waals surface area contributed by atoms with Crippen molar-refractivity contribution in [1.82, 2.24) is 0 Å². The number of hydrogen-bond acceptors (Lipinski definition) is 3. The maximum atomic E-state index is 13.7. The maximum Gasteiger partial charge on any atom is 0.129 e. The average Bonchev–Trinajstić information content (AvgIpc) is 2.46. The second kappa shape index (κ2) is 6.70. The molecule has 0 saturated carbocycles. The Morgan fingerprint density at radius 3 is 2.76 bits per heavy atom. The van der Waals surface area contributed by atoms with Crippen molar-refractivity contribution in [3.05, 3.63) is 63.4 Å². The smallest absolute Gasteiger partial charge is 0.129 e. The van der Waals surface area contributed by atoms with E-state index in [1.165, 1.54) is 18.2 Å². The first-order valence-corrected chi connectivity index (χ1v) is 7.17. The minimum atomic E-state index is -0.397. The van der Waals surface area contributed by atoms with Crippen molar-refractivity contribution >= 4 is 15.9 Å². The summed E-state index contributed by atoms with van der Waals surface area (Å²) in [6.45, 7) is 1.89. The summed E-state index contributed by atoms with van der Waals surface area (Å²) < 4.78 is 20.3. The lowest BCUT2D eigenvalue weighted by Crippen LogP contribution is -2.08. The maximum absolute atomic E-state index is 13.7. The predicted molar refractivity (Wildman–Crippen MR) is 82.2 cm³/mol. The van der Waals surface area contributed by atoms with Gasteiger partial charge in [-0.2, -0.15) is 5.26 Å². The fraction of sp³-hybridized carbons (Fsp3) is 0.188. The summed E-state index contributed by atoms with van der Waals surface area (Å²) in [5, 5.41) is 8.86. The SMILES string of the molecule is C[C@@H](N)c1ccc(Br)cc1OCc1cc(C#N)ccc1F. The Labute approximate surface area is 131 Å². The lowest BCUT2D eigenvalue weighted by atomic mass is 10.1. The Balaban J connectivity index is 2.24. The summed E-state index contributed by atoms with van der Waals surface area (Å²) in [4.78, 5) is 0. The quantitative estimate of drug-likeness (QED) is 0.906. The number of halogens is 2. The Morgan fingerprint density at radius 2 is 2.10 bits per heavy atom. The highest BCUT2D eigenvalue weighted by Crippen LogP contribution is 2.28. The van der Waals surface area contributed by atoms with Gasteiger partial charge in [0.15, 0.2) is 0 Å². The zero-order valence-corrected chi connectivity index (χ0v) is 13.0. The fourth-order valence-corrected chi connectivity index (χ4v) is 2.26. The molecule has 0 aromatic heterocycles. The van der Waals surface area contributed by atoms with Gasteiger partial charge in [-0.15, -0.1) is 0 Å². The van der Waals surface area contributed by atoms with Crippen LogP contribution in [0.2, 0.25) is 0 Å². The molecular weight excluding hydrogens is 335 g/mol. The molecule has 108 valence electrons. The lowest BCUT2D eigenvalue weighted by molar-refractivity contribution is 0.295. The van der Waals surface area contributed by atoms with Gasteiger partial charge >= 0.3 is 0 Å². The van der Waals surface area contributed by atoms with E-state index in [0.29, 0.717) is 16.9 Å². The number of nitrogens with two attached hydrogens (primary N) is 1. The standard InChI is InChI=1S/C16H14BrFN2O/c1-10(20)14-4-3-13(17)7-16(14)21-9-12-6-11(8-19)2-5-15(12)18/h2-7,10H,9,20H2,1H3/t10-/m1/s1. The van der Waals surface area contributed by atoms with Crippen molar-refractivity contribution in [2.45, 2.75) is 19.6 Å². The average molecular weight is 349 g/mol. The lowest BCUT2D eigenvalue weighted by Gasteiger charge is -2.15. The monoisotopic (exact) mass is 348 g/mol. The molecule has 0 radical (unpaired) electrons. The highest BCUT2D eigenvalue weighted by molar-refractivity contribution is 9.10. The van der Waals surface area contributed by atoms with Crippen molar-refractivity contribution in [3.8, 4) is 11.8 Å². The molecule has 1 atom stereocenters. The molecule has 0 unspecified atom stereocenters. The zero-order chi connectivity index (χ0) is 15.4. The van der Waals surface area contributed by atoms with E-state index in [2.05, 4.69) is 15.9 Å². The molecule has 0 aliphatic rings. The Kier molecular flexibility index (Phi) is 4.94. The van der Waals surface area contributed by atoms with Gasteiger partial charge in [0.2, 0.25) is 0 Å². The highest BCUT2D eigenvalue weighted by Gasteiger charge is 2.11. The van der Waals surface area contributed by atoms with Crippen molar-refractivity contribution in [2.24, 2.45) is 5.73 Å². The van der Waals surface area contributed by atoms with Crippen LogP contribution >= 0.6 is 15.9 Å². The summed E-state index contributed by atoms with van der Waals surface area (Å²) in [7, 11) is 0. The molecule has 3 nitrogen and oxygen atoms in total. The van der Waals surface area contributed by atoms with Crippen LogP contribution < -0.4 is 10.5 Å². The molecule has 2 rings (SSSR count). The normalized spacial score (nSPS) is 11.8. The van der Waals surface area contributed by atoms with Gasteiger partial charge in [-0.3, -0.25) is 0 Å². The summed E-state index contributed by atoms with van der Waals surface area (Å²) in [5.74, 6) is 0.201. The van der Waals surface area contributed by atoms with Crippen LogP contribution in [-0.2, 0) is 6.61 Å². The summed E-state index contributed by atoms with van der Waals surface area (Å²) in [6.07, 6.45) is 0. The fourth-order valence-electron chi connectivity index (χ4n) is 1.92. The largest absolute Gasteiger partial charge is 0.488 e. The molecule has 0 bridgehead atoms. The first-order valence-electron chi connectivity index (χ1n) is 6.37. The molecule has 2 aromatic carbocycles. The summed E-state index contributed by atoms with van der Waals surface area (Å²) in [6, 6.07) is 11.5. The third-order valence-electron chi connectivity index (χ3n) is 3.02. The van der Waals surface area contributed by atoms with Crippen LogP contribution in [0.3, 0.4) is 0 Å². The third kappa shape index (κ3) is 3.81. The van der Waals surface area contributed by atoms with E-state index in [-0.39, 0.29) is 12.6 Å². The van der Waals surface area contributed by atoms with E-state index < -0.39 is 5.82 Å². The second-order valence-corrected chi connectivity index (χ2v) is 5.59. The van der Waals surface area contributed by atoms with Crippen molar-refractivity contribution in [2.75, 3.05) is 0 Å². The first-order chi connectivity index (χ1) is 10.0.